The van der Waals surface area contributed by atoms with Crippen LogP contribution in [0.25, 0.3) is 0 Å². The number of carboxylic acids is 1. The number of amides is 1. The molecule has 0 spiro atoms. The molecule has 0 aliphatic rings. The highest BCUT2D eigenvalue weighted by Gasteiger charge is 2.18. The molecule has 1 rings (SSSR count). The first kappa shape index (κ1) is 12.7. The van der Waals surface area contributed by atoms with E-state index in [-0.39, 0.29) is 15.9 Å². The smallest absolute Gasteiger partial charge is 0.323 e. The number of carboxylic acid groups (broad SMARTS) is 1. The van der Waals surface area contributed by atoms with Gasteiger partial charge in [-0.2, -0.15) is 0 Å². The number of aliphatic carboxylic acids is 1. The minimum absolute atomic E-state index is 0.0106. The Labute approximate surface area is 101 Å². The van der Waals surface area contributed by atoms with E-state index >= 15 is 0 Å². The molecule has 0 aliphatic heterocycles. The maximum Gasteiger partial charge on any atom is 0.323 e. The summed E-state index contributed by atoms with van der Waals surface area (Å²) in [5.74, 6) is -1.70. The van der Waals surface area contributed by atoms with Gasteiger partial charge in [0.05, 0.1) is 5.56 Å². The van der Waals surface area contributed by atoms with Gasteiger partial charge in [-0.25, -0.2) is 0 Å². The number of carbonyl (C=O) groups excluding carboxylic acids is 1. The summed E-state index contributed by atoms with van der Waals surface area (Å²) in [5.41, 5.74) is 0.0189. The van der Waals surface area contributed by atoms with Crippen molar-refractivity contribution in [1.29, 1.82) is 0 Å². The van der Waals surface area contributed by atoms with Crippen LogP contribution in [0, 0.1) is 0 Å². The molecule has 0 bridgehead atoms. The Hall–Kier alpha value is -1.40. The zero-order chi connectivity index (χ0) is 12.3. The molecule has 0 aliphatic carbocycles. The predicted octanol–water partition coefficient (Wildman–Crippen LogP) is 0.940. The SMILES string of the molecule is CN(CC(=O)O)C(=O)c1cc(Cl)nnc1Cl. The third kappa shape index (κ3) is 3.04. The van der Waals surface area contributed by atoms with E-state index in [9.17, 15) is 9.59 Å². The molecule has 1 aromatic heterocycles. The van der Waals surface area contributed by atoms with Gasteiger partial charge in [0, 0.05) is 7.05 Å². The second kappa shape index (κ2) is 5.09. The van der Waals surface area contributed by atoms with Gasteiger partial charge in [-0.1, -0.05) is 23.2 Å². The third-order valence-electron chi connectivity index (χ3n) is 1.67. The molecule has 0 unspecified atom stereocenters. The van der Waals surface area contributed by atoms with Crippen molar-refractivity contribution in [3.8, 4) is 0 Å². The average Bonchev–Trinajstić information content (AvgIpc) is 2.19. The Morgan fingerprint density at radius 2 is 2.06 bits per heavy atom. The van der Waals surface area contributed by atoms with Crippen LogP contribution in [0.5, 0.6) is 0 Å². The lowest BCUT2D eigenvalue weighted by molar-refractivity contribution is -0.137. The Morgan fingerprint density at radius 3 is 2.62 bits per heavy atom. The number of hydrogen-bond donors (Lipinski definition) is 1. The summed E-state index contributed by atoms with van der Waals surface area (Å²) in [6.45, 7) is -0.435. The Morgan fingerprint density at radius 1 is 1.44 bits per heavy atom. The summed E-state index contributed by atoms with van der Waals surface area (Å²) in [6.07, 6.45) is 0. The van der Waals surface area contributed by atoms with E-state index in [4.69, 9.17) is 28.3 Å². The number of halogens is 2. The van der Waals surface area contributed by atoms with Crippen molar-refractivity contribution in [3.63, 3.8) is 0 Å². The number of likely N-dealkylation sites (N-methyl/N-ethyl adjacent to an activating group) is 1. The number of hydrogen-bond acceptors (Lipinski definition) is 4. The summed E-state index contributed by atoms with van der Waals surface area (Å²) in [5, 5.41) is 15.3. The highest BCUT2D eigenvalue weighted by Crippen LogP contribution is 2.16. The van der Waals surface area contributed by atoms with Gasteiger partial charge in [-0.3, -0.25) is 9.59 Å². The largest absolute Gasteiger partial charge is 0.480 e. The lowest BCUT2D eigenvalue weighted by Crippen LogP contribution is -2.32. The third-order valence-corrected chi connectivity index (χ3v) is 2.13. The number of nitrogens with zero attached hydrogens (tertiary/aromatic N) is 3. The summed E-state index contributed by atoms with van der Waals surface area (Å²) in [6, 6.07) is 1.23. The van der Waals surface area contributed by atoms with Gasteiger partial charge in [0.2, 0.25) is 0 Å². The molecule has 1 heterocycles. The molecule has 16 heavy (non-hydrogen) atoms. The lowest BCUT2D eigenvalue weighted by Gasteiger charge is -2.14. The van der Waals surface area contributed by atoms with E-state index in [2.05, 4.69) is 10.2 Å². The van der Waals surface area contributed by atoms with E-state index in [1.54, 1.807) is 0 Å². The van der Waals surface area contributed by atoms with E-state index < -0.39 is 18.4 Å². The van der Waals surface area contributed by atoms with Crippen molar-refractivity contribution in [2.45, 2.75) is 0 Å². The quantitative estimate of drug-likeness (QED) is 0.878. The van der Waals surface area contributed by atoms with Crippen LogP contribution < -0.4 is 0 Å². The van der Waals surface area contributed by atoms with Gasteiger partial charge < -0.3 is 10.0 Å². The van der Waals surface area contributed by atoms with E-state index in [1.807, 2.05) is 0 Å². The van der Waals surface area contributed by atoms with Crippen LogP contribution in [0.4, 0.5) is 0 Å². The maximum atomic E-state index is 11.7. The van der Waals surface area contributed by atoms with Gasteiger partial charge in [-0.05, 0) is 6.07 Å². The minimum atomic E-state index is -1.12. The van der Waals surface area contributed by atoms with Crippen LogP contribution in [-0.2, 0) is 4.79 Å². The van der Waals surface area contributed by atoms with Crippen molar-refractivity contribution in [1.82, 2.24) is 15.1 Å². The van der Waals surface area contributed by atoms with Crippen LogP contribution in [-0.4, -0.2) is 45.7 Å². The molecule has 1 N–H and O–H groups in total. The Kier molecular flexibility index (Phi) is 4.03. The van der Waals surface area contributed by atoms with Crippen LogP contribution in [0.3, 0.4) is 0 Å². The number of aromatic nitrogens is 2. The van der Waals surface area contributed by atoms with Crippen LogP contribution in [0.15, 0.2) is 6.07 Å². The zero-order valence-electron chi connectivity index (χ0n) is 8.15. The molecule has 6 nitrogen and oxygen atoms in total. The van der Waals surface area contributed by atoms with E-state index in [0.29, 0.717) is 0 Å². The second-order valence-electron chi connectivity index (χ2n) is 2.93. The second-order valence-corrected chi connectivity index (χ2v) is 3.67. The fourth-order valence-corrected chi connectivity index (χ4v) is 1.30. The predicted molar refractivity (Wildman–Crippen MR) is 56.6 cm³/mol. The Bertz CT molecular complexity index is 439. The zero-order valence-corrected chi connectivity index (χ0v) is 9.66. The summed E-state index contributed by atoms with van der Waals surface area (Å²) in [7, 11) is 1.33. The first-order chi connectivity index (χ1) is 7.41. The number of rotatable bonds is 3. The average molecular weight is 264 g/mol. The Balaban J connectivity index is 2.95. The standard InChI is InChI=1S/C8H7Cl2N3O3/c1-13(3-6(14)15)8(16)4-2-5(9)11-12-7(4)10/h2H,3H2,1H3,(H,14,15). The fraction of sp³-hybridized carbons (Fsp3) is 0.250. The molecule has 0 saturated carbocycles. The van der Waals surface area contributed by atoms with Crippen LogP contribution >= 0.6 is 23.2 Å². The maximum absolute atomic E-state index is 11.7. The molecule has 0 radical (unpaired) electrons. The molecule has 8 heteroatoms. The summed E-state index contributed by atoms with van der Waals surface area (Å²) < 4.78 is 0. The van der Waals surface area contributed by atoms with Crippen LogP contribution in [0.1, 0.15) is 10.4 Å². The van der Waals surface area contributed by atoms with Crippen molar-refractivity contribution >= 4 is 35.1 Å². The minimum Gasteiger partial charge on any atom is -0.480 e. The molecule has 0 fully saturated rings. The monoisotopic (exact) mass is 263 g/mol. The van der Waals surface area contributed by atoms with Gasteiger partial charge in [-0.15, -0.1) is 10.2 Å². The molecule has 0 saturated heterocycles. The topological polar surface area (TPSA) is 83.4 Å². The molecule has 1 amide bonds. The van der Waals surface area contributed by atoms with Gasteiger partial charge in [0.25, 0.3) is 5.91 Å². The lowest BCUT2D eigenvalue weighted by atomic mass is 10.3. The van der Waals surface area contributed by atoms with Crippen molar-refractivity contribution in [2.24, 2.45) is 0 Å². The first-order valence-electron chi connectivity index (χ1n) is 4.07. The normalized spacial score (nSPS) is 9.94. The van der Waals surface area contributed by atoms with E-state index in [1.165, 1.54) is 13.1 Å². The van der Waals surface area contributed by atoms with Gasteiger partial charge in [0.1, 0.15) is 6.54 Å². The molecule has 0 atom stereocenters. The van der Waals surface area contributed by atoms with Gasteiger partial charge in [0.15, 0.2) is 10.3 Å². The van der Waals surface area contributed by atoms with Crippen molar-refractivity contribution < 1.29 is 14.7 Å². The van der Waals surface area contributed by atoms with E-state index in [0.717, 1.165) is 4.90 Å². The summed E-state index contributed by atoms with van der Waals surface area (Å²) in [4.78, 5) is 23.1. The molecular weight excluding hydrogens is 257 g/mol. The van der Waals surface area contributed by atoms with Crippen molar-refractivity contribution in [3.05, 3.63) is 21.9 Å². The summed E-state index contributed by atoms with van der Waals surface area (Å²) >= 11 is 11.2. The fourth-order valence-electron chi connectivity index (χ4n) is 0.983. The van der Waals surface area contributed by atoms with Crippen molar-refractivity contribution in [2.75, 3.05) is 13.6 Å². The highest BCUT2D eigenvalue weighted by atomic mass is 35.5. The highest BCUT2D eigenvalue weighted by molar-refractivity contribution is 6.34. The molecule has 1 aromatic rings. The van der Waals surface area contributed by atoms with Gasteiger partial charge >= 0.3 is 5.97 Å². The molecular formula is C8H7Cl2N3O3. The van der Waals surface area contributed by atoms with Crippen LogP contribution in [0.2, 0.25) is 10.3 Å². The first-order valence-corrected chi connectivity index (χ1v) is 4.83. The molecule has 86 valence electrons. The number of carbonyl (C=O) groups is 2. The molecule has 0 aromatic carbocycles.